The van der Waals surface area contributed by atoms with Crippen LogP contribution in [0, 0.1) is 19.3 Å². The summed E-state index contributed by atoms with van der Waals surface area (Å²) in [5.74, 6) is 1.20. The maximum absolute atomic E-state index is 13.0. The molecule has 0 N–H and O–H groups in total. The fourth-order valence-electron chi connectivity index (χ4n) is 4.33. The molecule has 0 saturated carbocycles. The smallest absolute Gasteiger partial charge is 0.248 e. The largest absolute Gasteiger partial charge is 0.497 e. The van der Waals surface area contributed by atoms with Crippen LogP contribution in [-0.4, -0.2) is 55.4 Å². The van der Waals surface area contributed by atoms with Gasteiger partial charge in [-0.15, -0.1) is 0 Å². The minimum atomic E-state index is -3.66. The highest BCUT2D eigenvalue weighted by Crippen LogP contribution is 2.43. The van der Waals surface area contributed by atoms with Gasteiger partial charge in [0.2, 0.25) is 15.9 Å². The van der Waals surface area contributed by atoms with Crippen LogP contribution in [0.15, 0.2) is 33.7 Å². The lowest BCUT2D eigenvalue weighted by Crippen LogP contribution is -2.64. The summed E-state index contributed by atoms with van der Waals surface area (Å²) in [6.07, 6.45) is 1.07. The molecule has 1 aromatic carbocycles. The Morgan fingerprint density at radius 1 is 1.17 bits per heavy atom. The number of rotatable bonds is 5. The Morgan fingerprint density at radius 2 is 1.83 bits per heavy atom. The van der Waals surface area contributed by atoms with Crippen molar-refractivity contribution in [2.75, 3.05) is 26.7 Å². The highest BCUT2D eigenvalue weighted by molar-refractivity contribution is 7.89. The molecule has 4 rings (SSSR count). The van der Waals surface area contributed by atoms with Gasteiger partial charge in [0.15, 0.2) is 5.76 Å². The van der Waals surface area contributed by atoms with Crippen molar-refractivity contribution in [3.8, 4) is 5.75 Å². The summed E-state index contributed by atoms with van der Waals surface area (Å²) in [7, 11) is -2.04. The zero-order chi connectivity index (χ0) is 20.8. The molecule has 2 aromatic rings. The second-order valence-electron chi connectivity index (χ2n) is 7.85. The van der Waals surface area contributed by atoms with E-state index in [4.69, 9.17) is 9.26 Å². The molecular weight excluding hydrogens is 394 g/mol. The van der Waals surface area contributed by atoms with Crippen LogP contribution in [-0.2, 0) is 21.4 Å². The third kappa shape index (κ3) is 3.32. The van der Waals surface area contributed by atoms with Gasteiger partial charge >= 0.3 is 0 Å². The van der Waals surface area contributed by atoms with E-state index in [2.05, 4.69) is 5.16 Å². The van der Waals surface area contributed by atoms with Gasteiger partial charge in [-0.1, -0.05) is 17.3 Å². The van der Waals surface area contributed by atoms with Crippen LogP contribution < -0.4 is 4.74 Å². The van der Waals surface area contributed by atoms with Crippen molar-refractivity contribution in [1.29, 1.82) is 0 Å². The van der Waals surface area contributed by atoms with Crippen molar-refractivity contribution in [3.63, 3.8) is 0 Å². The number of carbonyl (C=O) groups excluding carboxylic acids is 1. The molecule has 0 aliphatic carbocycles. The van der Waals surface area contributed by atoms with Gasteiger partial charge < -0.3 is 14.2 Å². The highest BCUT2D eigenvalue weighted by atomic mass is 32.2. The Hall–Kier alpha value is -2.39. The first-order chi connectivity index (χ1) is 13.8. The van der Waals surface area contributed by atoms with Crippen molar-refractivity contribution in [1.82, 2.24) is 14.4 Å². The van der Waals surface area contributed by atoms with Crippen molar-refractivity contribution >= 4 is 15.9 Å². The number of sulfonamides is 1. The van der Waals surface area contributed by atoms with Crippen LogP contribution in [0.1, 0.15) is 29.9 Å². The molecule has 0 atom stereocenters. The van der Waals surface area contributed by atoms with Gasteiger partial charge in [0.1, 0.15) is 16.3 Å². The molecule has 2 fully saturated rings. The van der Waals surface area contributed by atoms with Gasteiger partial charge in [-0.25, -0.2) is 8.42 Å². The van der Waals surface area contributed by atoms with E-state index < -0.39 is 15.4 Å². The number of benzene rings is 1. The summed E-state index contributed by atoms with van der Waals surface area (Å²) in [6.45, 7) is 5.11. The number of carbonyl (C=O) groups is 1. The quantitative estimate of drug-likeness (QED) is 0.689. The van der Waals surface area contributed by atoms with Gasteiger partial charge in [-0.2, -0.15) is 4.31 Å². The summed E-state index contributed by atoms with van der Waals surface area (Å²) < 4.78 is 37.6. The molecule has 8 nitrogen and oxygen atoms in total. The zero-order valence-corrected chi connectivity index (χ0v) is 17.7. The molecule has 3 heterocycles. The average molecular weight is 420 g/mol. The standard InChI is InChI=1S/C20H25N3O5S/c1-14-18(15(2)28-21-14)29(25,26)23-10-8-20(9-11-23)13-22(19(20)24)12-16-4-6-17(27-3)7-5-16/h4-7H,8-13H2,1-3H3. The summed E-state index contributed by atoms with van der Waals surface area (Å²) in [4.78, 5) is 14.8. The average Bonchev–Trinajstić information content (AvgIpc) is 3.07. The van der Waals surface area contributed by atoms with E-state index in [9.17, 15) is 13.2 Å². The Bertz CT molecular complexity index is 1000. The monoisotopic (exact) mass is 419 g/mol. The molecule has 29 heavy (non-hydrogen) atoms. The maximum atomic E-state index is 13.0. The fourth-order valence-corrected chi connectivity index (χ4v) is 6.06. The SMILES string of the molecule is COc1ccc(CN2CC3(CCN(S(=O)(=O)c4c(C)noc4C)CC3)C2=O)cc1. The molecule has 156 valence electrons. The first-order valence-electron chi connectivity index (χ1n) is 9.62. The number of hydrogen-bond acceptors (Lipinski definition) is 6. The molecule has 9 heteroatoms. The highest BCUT2D eigenvalue weighted by Gasteiger charge is 2.54. The number of aryl methyl sites for hydroxylation is 2. The lowest BCUT2D eigenvalue weighted by molar-refractivity contribution is -0.165. The number of β-lactam (4-membered cyclic amide) rings is 1. The molecular formula is C20H25N3O5S. The number of methoxy groups -OCH3 is 1. The Kier molecular flexibility index (Phi) is 4.90. The number of amides is 1. The van der Waals surface area contributed by atoms with Crippen LogP contribution in [0.25, 0.3) is 0 Å². The molecule has 0 unspecified atom stereocenters. The Balaban J connectivity index is 1.39. The van der Waals surface area contributed by atoms with E-state index in [1.807, 2.05) is 29.2 Å². The van der Waals surface area contributed by atoms with Gasteiger partial charge in [-0.05, 0) is 44.4 Å². The number of piperidine rings is 1. The van der Waals surface area contributed by atoms with Crippen molar-refractivity contribution in [2.24, 2.45) is 5.41 Å². The summed E-state index contributed by atoms with van der Waals surface area (Å²) >= 11 is 0. The van der Waals surface area contributed by atoms with Gasteiger partial charge in [-0.3, -0.25) is 4.79 Å². The lowest BCUT2D eigenvalue weighted by Gasteiger charge is -2.52. The van der Waals surface area contributed by atoms with Gasteiger partial charge in [0.25, 0.3) is 0 Å². The fraction of sp³-hybridized carbons (Fsp3) is 0.500. The third-order valence-corrected chi connectivity index (χ3v) is 8.16. The number of ether oxygens (including phenoxy) is 1. The predicted octanol–water partition coefficient (Wildman–Crippen LogP) is 2.11. The molecule has 1 amide bonds. The zero-order valence-electron chi connectivity index (χ0n) is 16.8. The van der Waals surface area contributed by atoms with E-state index in [0.717, 1.165) is 11.3 Å². The topological polar surface area (TPSA) is 92.9 Å². The molecule has 0 bridgehead atoms. The second-order valence-corrected chi connectivity index (χ2v) is 9.72. The minimum absolute atomic E-state index is 0.114. The summed E-state index contributed by atoms with van der Waals surface area (Å²) in [5.41, 5.74) is 0.984. The van der Waals surface area contributed by atoms with Crippen LogP contribution in [0.3, 0.4) is 0 Å². The summed E-state index contributed by atoms with van der Waals surface area (Å²) in [5, 5.41) is 3.76. The van der Waals surface area contributed by atoms with E-state index in [0.29, 0.717) is 50.5 Å². The predicted molar refractivity (Wildman–Crippen MR) is 105 cm³/mol. The van der Waals surface area contributed by atoms with E-state index in [1.165, 1.54) is 4.31 Å². The van der Waals surface area contributed by atoms with Crippen molar-refractivity contribution < 1.29 is 22.5 Å². The van der Waals surface area contributed by atoms with E-state index in [-0.39, 0.29) is 10.8 Å². The Labute approximate surface area is 170 Å². The second kappa shape index (κ2) is 7.14. The first-order valence-corrected chi connectivity index (χ1v) is 11.1. The Morgan fingerprint density at radius 3 is 2.34 bits per heavy atom. The van der Waals surface area contributed by atoms with Crippen LogP contribution >= 0.6 is 0 Å². The van der Waals surface area contributed by atoms with Crippen LogP contribution in [0.4, 0.5) is 0 Å². The maximum Gasteiger partial charge on any atom is 0.248 e. The third-order valence-electron chi connectivity index (χ3n) is 6.01. The normalized spacial score (nSPS) is 19.4. The summed E-state index contributed by atoms with van der Waals surface area (Å²) in [6, 6.07) is 7.67. The number of nitrogens with zero attached hydrogens (tertiary/aromatic N) is 3. The number of aromatic nitrogens is 1. The van der Waals surface area contributed by atoms with Crippen molar-refractivity contribution in [2.45, 2.75) is 38.1 Å². The first kappa shape index (κ1) is 19.9. The van der Waals surface area contributed by atoms with Crippen LogP contribution in [0.5, 0.6) is 5.75 Å². The molecule has 1 spiro atoms. The minimum Gasteiger partial charge on any atom is -0.497 e. The number of hydrogen-bond donors (Lipinski definition) is 0. The molecule has 2 saturated heterocycles. The van der Waals surface area contributed by atoms with E-state index in [1.54, 1.807) is 21.0 Å². The lowest BCUT2D eigenvalue weighted by atomic mass is 9.71. The van der Waals surface area contributed by atoms with Crippen molar-refractivity contribution in [3.05, 3.63) is 41.3 Å². The molecule has 0 radical (unpaired) electrons. The molecule has 1 aromatic heterocycles. The number of likely N-dealkylation sites (tertiary alicyclic amines) is 1. The van der Waals surface area contributed by atoms with E-state index >= 15 is 0 Å². The molecule has 2 aliphatic heterocycles. The van der Waals surface area contributed by atoms with Gasteiger partial charge in [0, 0.05) is 26.2 Å². The molecule has 2 aliphatic rings. The van der Waals surface area contributed by atoms with Gasteiger partial charge in [0.05, 0.1) is 12.5 Å². The van der Waals surface area contributed by atoms with Crippen LogP contribution in [0.2, 0.25) is 0 Å².